The zero-order valence-corrected chi connectivity index (χ0v) is 11.8. The molecule has 1 aliphatic heterocycles. The van der Waals surface area contributed by atoms with Gasteiger partial charge in [0.05, 0.1) is 11.0 Å². The molecule has 20 heavy (non-hydrogen) atoms. The van der Waals surface area contributed by atoms with E-state index in [1.807, 2.05) is 0 Å². The van der Waals surface area contributed by atoms with E-state index >= 15 is 0 Å². The molecule has 0 saturated heterocycles. The van der Waals surface area contributed by atoms with Gasteiger partial charge >= 0.3 is 0 Å². The minimum absolute atomic E-state index is 0.0259. The zero-order chi connectivity index (χ0) is 14.0. The third-order valence-electron chi connectivity index (χ3n) is 3.45. The molecule has 1 aromatic rings. The molecule has 0 aromatic heterocycles. The highest BCUT2D eigenvalue weighted by Crippen LogP contribution is 2.32. The minimum Gasteiger partial charge on any atom is -0.486 e. The quantitative estimate of drug-likeness (QED) is 0.855. The first-order chi connectivity index (χ1) is 9.65. The first-order valence-corrected chi connectivity index (χ1v) is 8.20. The lowest BCUT2D eigenvalue weighted by Gasteiger charge is -2.19. The van der Waals surface area contributed by atoms with Crippen molar-refractivity contribution < 1.29 is 22.7 Å². The van der Waals surface area contributed by atoms with Crippen LogP contribution in [0.25, 0.3) is 0 Å². The number of fused-ring (bicyclic) bond motifs is 1. The largest absolute Gasteiger partial charge is 0.486 e. The molecule has 1 aromatic carbocycles. The highest BCUT2D eigenvalue weighted by atomic mass is 32.2. The molecule has 0 amide bonds. The number of benzene rings is 1. The minimum atomic E-state index is -3.69. The van der Waals surface area contributed by atoms with Crippen molar-refractivity contribution in [3.05, 3.63) is 18.2 Å². The van der Waals surface area contributed by atoms with Crippen LogP contribution in [-0.4, -0.2) is 27.7 Å². The van der Waals surface area contributed by atoms with E-state index in [-0.39, 0.29) is 11.0 Å². The van der Waals surface area contributed by atoms with Crippen molar-refractivity contribution in [2.45, 2.75) is 36.7 Å². The molecular formula is C13H17NO5S. The lowest BCUT2D eigenvalue weighted by molar-refractivity contribution is 0.0223. The monoisotopic (exact) mass is 299 g/mol. The van der Waals surface area contributed by atoms with Crippen LogP contribution in [-0.2, 0) is 14.9 Å². The van der Waals surface area contributed by atoms with Crippen molar-refractivity contribution in [2.24, 2.45) is 0 Å². The van der Waals surface area contributed by atoms with E-state index in [2.05, 4.69) is 4.89 Å². The Morgan fingerprint density at radius 2 is 1.80 bits per heavy atom. The van der Waals surface area contributed by atoms with Gasteiger partial charge < -0.3 is 9.47 Å². The van der Waals surface area contributed by atoms with E-state index in [1.54, 1.807) is 6.07 Å². The molecule has 1 aliphatic carbocycles. The summed E-state index contributed by atoms with van der Waals surface area (Å²) < 4.78 is 35.0. The summed E-state index contributed by atoms with van der Waals surface area (Å²) in [6.45, 7) is 0.893. The van der Waals surface area contributed by atoms with Crippen LogP contribution in [0, 0.1) is 0 Å². The first kappa shape index (κ1) is 13.7. The van der Waals surface area contributed by atoms with Crippen molar-refractivity contribution in [1.29, 1.82) is 0 Å². The van der Waals surface area contributed by atoms with Crippen molar-refractivity contribution in [1.82, 2.24) is 4.89 Å². The van der Waals surface area contributed by atoms with Gasteiger partial charge in [0.15, 0.2) is 11.5 Å². The summed E-state index contributed by atoms with van der Waals surface area (Å²) in [6, 6.07) is 4.53. The maximum atomic E-state index is 12.1. The number of nitrogens with one attached hydrogen (secondary N) is 1. The highest BCUT2D eigenvalue weighted by Gasteiger charge is 2.22. The fourth-order valence-electron chi connectivity index (χ4n) is 2.38. The second kappa shape index (κ2) is 5.59. The van der Waals surface area contributed by atoms with Crippen LogP contribution < -0.4 is 14.4 Å². The van der Waals surface area contributed by atoms with Gasteiger partial charge in [-0.2, -0.15) is 0 Å². The zero-order valence-electron chi connectivity index (χ0n) is 11.0. The molecule has 7 heteroatoms. The Morgan fingerprint density at radius 3 is 2.55 bits per heavy atom. The number of sulfonamides is 1. The standard InChI is InChI=1S/C13H17NO5S/c15-20(16,14-19-10-3-1-2-4-10)11-5-6-12-13(9-11)18-8-7-17-12/h5-6,9-10,14H,1-4,7-8H2. The van der Waals surface area contributed by atoms with Crippen molar-refractivity contribution in [3.8, 4) is 11.5 Å². The van der Waals surface area contributed by atoms with Crippen LogP contribution in [0.2, 0.25) is 0 Å². The number of ether oxygens (including phenoxy) is 2. The lowest BCUT2D eigenvalue weighted by atomic mass is 10.3. The Kier molecular flexibility index (Phi) is 3.82. The molecule has 1 fully saturated rings. The predicted octanol–water partition coefficient (Wildman–Crippen LogP) is 1.61. The Labute approximate surface area is 118 Å². The molecule has 0 unspecified atom stereocenters. The highest BCUT2D eigenvalue weighted by molar-refractivity contribution is 7.89. The summed E-state index contributed by atoms with van der Waals surface area (Å²) >= 11 is 0. The van der Waals surface area contributed by atoms with Gasteiger partial charge in [0.25, 0.3) is 10.0 Å². The summed E-state index contributed by atoms with van der Waals surface area (Å²) in [4.78, 5) is 7.57. The fraction of sp³-hybridized carbons (Fsp3) is 0.538. The van der Waals surface area contributed by atoms with Crippen molar-refractivity contribution in [3.63, 3.8) is 0 Å². The third-order valence-corrected chi connectivity index (χ3v) is 4.64. The van der Waals surface area contributed by atoms with Crippen LogP contribution in [0.1, 0.15) is 25.7 Å². The Morgan fingerprint density at radius 1 is 1.10 bits per heavy atom. The first-order valence-electron chi connectivity index (χ1n) is 6.72. The number of rotatable bonds is 4. The maximum absolute atomic E-state index is 12.1. The average molecular weight is 299 g/mol. The second-order valence-corrected chi connectivity index (χ2v) is 6.56. The SMILES string of the molecule is O=S(=O)(NOC1CCCC1)c1ccc2c(c1)OCCO2. The number of hydrogen-bond acceptors (Lipinski definition) is 5. The Bertz CT molecular complexity index is 580. The molecular weight excluding hydrogens is 282 g/mol. The van der Waals surface area contributed by atoms with Crippen LogP contribution in [0.5, 0.6) is 11.5 Å². The molecule has 0 atom stereocenters. The summed E-state index contributed by atoms with van der Waals surface area (Å²) in [6.07, 6.45) is 3.92. The maximum Gasteiger partial charge on any atom is 0.262 e. The Balaban J connectivity index is 1.73. The van der Waals surface area contributed by atoms with Gasteiger partial charge in [-0.1, -0.05) is 17.7 Å². The molecule has 0 bridgehead atoms. The summed E-state index contributed by atoms with van der Waals surface area (Å²) in [5.74, 6) is 1.01. The van der Waals surface area contributed by atoms with Crippen molar-refractivity contribution >= 4 is 10.0 Å². The van der Waals surface area contributed by atoms with E-state index in [1.165, 1.54) is 12.1 Å². The normalized spacial score (nSPS) is 19.2. The molecule has 2 aliphatic rings. The third kappa shape index (κ3) is 2.89. The predicted molar refractivity (Wildman–Crippen MR) is 71.1 cm³/mol. The van der Waals surface area contributed by atoms with E-state index in [4.69, 9.17) is 14.3 Å². The van der Waals surface area contributed by atoms with Gasteiger partial charge in [0, 0.05) is 6.07 Å². The molecule has 0 radical (unpaired) electrons. The summed E-state index contributed by atoms with van der Waals surface area (Å²) in [5.41, 5.74) is 0. The smallest absolute Gasteiger partial charge is 0.262 e. The molecule has 1 N–H and O–H groups in total. The van der Waals surface area contributed by atoms with Crippen LogP contribution in [0.15, 0.2) is 23.1 Å². The molecule has 1 heterocycles. The van der Waals surface area contributed by atoms with E-state index < -0.39 is 10.0 Å². The molecule has 1 saturated carbocycles. The van der Waals surface area contributed by atoms with Gasteiger partial charge in [0.2, 0.25) is 0 Å². The lowest BCUT2D eigenvalue weighted by Crippen LogP contribution is -2.28. The van der Waals surface area contributed by atoms with Gasteiger partial charge in [-0.15, -0.1) is 0 Å². The Hall–Kier alpha value is -1.31. The van der Waals surface area contributed by atoms with Crippen LogP contribution in [0.4, 0.5) is 0 Å². The fourth-order valence-corrected chi connectivity index (χ4v) is 3.24. The van der Waals surface area contributed by atoms with Gasteiger partial charge in [0.1, 0.15) is 13.2 Å². The second-order valence-electron chi connectivity index (χ2n) is 4.92. The van der Waals surface area contributed by atoms with Crippen LogP contribution in [0.3, 0.4) is 0 Å². The van der Waals surface area contributed by atoms with Gasteiger partial charge in [-0.25, -0.2) is 8.42 Å². The topological polar surface area (TPSA) is 73.9 Å². The number of hydrogen-bond donors (Lipinski definition) is 1. The van der Waals surface area contributed by atoms with E-state index in [0.29, 0.717) is 24.7 Å². The molecule has 110 valence electrons. The summed E-state index contributed by atoms with van der Waals surface area (Å²) in [7, 11) is -3.69. The van der Waals surface area contributed by atoms with Gasteiger partial charge in [-0.05, 0) is 25.0 Å². The summed E-state index contributed by atoms with van der Waals surface area (Å²) in [5, 5.41) is 0. The molecule has 6 nitrogen and oxygen atoms in total. The van der Waals surface area contributed by atoms with Crippen LogP contribution >= 0.6 is 0 Å². The van der Waals surface area contributed by atoms with E-state index in [9.17, 15) is 8.42 Å². The van der Waals surface area contributed by atoms with Crippen molar-refractivity contribution in [2.75, 3.05) is 13.2 Å². The van der Waals surface area contributed by atoms with E-state index in [0.717, 1.165) is 25.7 Å². The molecule has 3 rings (SSSR count). The molecule has 0 spiro atoms. The average Bonchev–Trinajstić information content (AvgIpc) is 2.98. The van der Waals surface area contributed by atoms with Gasteiger partial charge in [-0.3, -0.25) is 4.84 Å².